The molecule has 0 N–H and O–H groups in total. The Morgan fingerprint density at radius 2 is 2.00 bits per heavy atom. The number of ketones is 2. The van der Waals surface area contributed by atoms with Gasteiger partial charge in [0.25, 0.3) is 0 Å². The van der Waals surface area contributed by atoms with E-state index in [0.29, 0.717) is 12.3 Å². The van der Waals surface area contributed by atoms with Crippen LogP contribution in [0, 0.1) is 23.7 Å². The summed E-state index contributed by atoms with van der Waals surface area (Å²) in [5, 5.41) is 0. The van der Waals surface area contributed by atoms with Gasteiger partial charge in [0.15, 0.2) is 11.6 Å². The highest BCUT2D eigenvalue weighted by molar-refractivity contribution is 6.17. The van der Waals surface area contributed by atoms with Gasteiger partial charge in [0, 0.05) is 23.0 Å². The van der Waals surface area contributed by atoms with Crippen molar-refractivity contribution in [2.75, 3.05) is 0 Å². The molecule has 1 saturated carbocycles. The Balaban J connectivity index is 2.19. The van der Waals surface area contributed by atoms with Crippen molar-refractivity contribution in [1.29, 1.82) is 0 Å². The maximum Gasteiger partial charge on any atom is 0.184 e. The zero-order chi connectivity index (χ0) is 16.2. The summed E-state index contributed by atoms with van der Waals surface area (Å²) in [5.74, 6) is 0.640. The lowest BCUT2D eigenvalue weighted by Gasteiger charge is -2.39. The molecule has 3 aliphatic rings. The number of Topliss-reactive ketones (excluding diaryl/α,β-unsaturated/α-hetero) is 2. The first kappa shape index (κ1) is 15.2. The molecule has 0 aromatic rings. The molecule has 1 unspecified atom stereocenters. The monoisotopic (exact) mass is 296 g/mol. The van der Waals surface area contributed by atoms with E-state index in [1.54, 1.807) is 0 Å². The minimum atomic E-state index is -0.0708. The maximum atomic E-state index is 12.7. The second kappa shape index (κ2) is 5.19. The molecule has 2 heteroatoms. The Labute approximate surface area is 132 Å². The summed E-state index contributed by atoms with van der Waals surface area (Å²) in [6.07, 6.45) is 4.61. The van der Waals surface area contributed by atoms with Crippen LogP contribution in [-0.2, 0) is 9.59 Å². The van der Waals surface area contributed by atoms with Gasteiger partial charge in [-0.3, -0.25) is 9.59 Å². The van der Waals surface area contributed by atoms with Crippen LogP contribution in [0.4, 0.5) is 0 Å². The molecule has 22 heavy (non-hydrogen) atoms. The molecule has 3 aliphatic carbocycles. The maximum absolute atomic E-state index is 12.7. The molecule has 0 heterocycles. The Morgan fingerprint density at radius 1 is 1.32 bits per heavy atom. The van der Waals surface area contributed by atoms with Crippen LogP contribution in [0.2, 0.25) is 0 Å². The minimum Gasteiger partial charge on any atom is -0.294 e. The van der Waals surface area contributed by atoms with Gasteiger partial charge in [-0.15, -0.1) is 0 Å². The third kappa shape index (κ3) is 2.08. The molecule has 4 atom stereocenters. The highest BCUT2D eigenvalue weighted by Crippen LogP contribution is 2.50. The van der Waals surface area contributed by atoms with Crippen molar-refractivity contribution in [2.45, 2.75) is 40.0 Å². The first-order valence-electron chi connectivity index (χ1n) is 8.16. The fourth-order valence-corrected chi connectivity index (χ4v) is 4.46. The van der Waals surface area contributed by atoms with Crippen molar-refractivity contribution in [2.24, 2.45) is 23.7 Å². The number of rotatable bonds is 1. The van der Waals surface area contributed by atoms with Gasteiger partial charge in [-0.1, -0.05) is 37.3 Å². The lowest BCUT2D eigenvalue weighted by Crippen LogP contribution is -2.32. The molecule has 116 valence electrons. The standard InChI is InChI=1S/C20H24O2/c1-10(2)14-7-6-11(3)17-15(14)8-12(4)19(21)16-9-13(5)20(22)18(16)17/h8,13-15,17H,1,3,6-7,9H2,2,4-5H3/t13?,14-,15-,17-/m1/s1. The SMILES string of the molecule is C=C1CC[C@H](C(=C)C)[C@H]2C=C(C)C(=O)C3=C(C(=O)C(C)C3)[C@H]12. The van der Waals surface area contributed by atoms with Crippen LogP contribution in [0.25, 0.3) is 0 Å². The molecular weight excluding hydrogens is 272 g/mol. The summed E-state index contributed by atoms with van der Waals surface area (Å²) >= 11 is 0. The summed E-state index contributed by atoms with van der Waals surface area (Å²) in [6.45, 7) is 14.3. The van der Waals surface area contributed by atoms with Crippen LogP contribution in [0.1, 0.15) is 40.0 Å². The Bertz CT molecular complexity index is 659. The normalized spacial score (nSPS) is 35.0. The van der Waals surface area contributed by atoms with E-state index in [9.17, 15) is 9.59 Å². The average Bonchev–Trinajstić information content (AvgIpc) is 2.68. The molecule has 3 rings (SSSR count). The molecule has 0 spiro atoms. The molecule has 0 aliphatic heterocycles. The molecule has 2 nitrogen and oxygen atoms in total. The number of carbonyl (C=O) groups excluding carboxylic acids is 2. The molecular formula is C20H24O2. The van der Waals surface area contributed by atoms with Gasteiger partial charge in [-0.2, -0.15) is 0 Å². The minimum absolute atomic E-state index is 0.00398. The van der Waals surface area contributed by atoms with Crippen LogP contribution in [0.5, 0.6) is 0 Å². The largest absolute Gasteiger partial charge is 0.294 e. The number of carbonyl (C=O) groups is 2. The zero-order valence-electron chi connectivity index (χ0n) is 13.7. The molecule has 1 fully saturated rings. The predicted molar refractivity (Wildman–Crippen MR) is 88.2 cm³/mol. The van der Waals surface area contributed by atoms with Crippen molar-refractivity contribution in [3.63, 3.8) is 0 Å². The van der Waals surface area contributed by atoms with Crippen LogP contribution < -0.4 is 0 Å². The second-order valence-corrected chi connectivity index (χ2v) is 7.25. The van der Waals surface area contributed by atoms with Crippen molar-refractivity contribution in [3.05, 3.63) is 47.1 Å². The summed E-state index contributed by atoms with van der Waals surface area (Å²) in [7, 11) is 0. The zero-order valence-corrected chi connectivity index (χ0v) is 13.7. The molecule has 0 aromatic heterocycles. The first-order chi connectivity index (χ1) is 10.3. The molecule has 0 saturated heterocycles. The molecule has 0 aromatic carbocycles. The summed E-state index contributed by atoms with van der Waals surface area (Å²) in [4.78, 5) is 25.4. The first-order valence-corrected chi connectivity index (χ1v) is 8.16. The van der Waals surface area contributed by atoms with Crippen LogP contribution in [-0.4, -0.2) is 11.6 Å². The van der Waals surface area contributed by atoms with Gasteiger partial charge in [0.2, 0.25) is 0 Å². The third-order valence-electron chi connectivity index (χ3n) is 5.63. The molecule has 0 bridgehead atoms. The topological polar surface area (TPSA) is 34.1 Å². The van der Waals surface area contributed by atoms with E-state index in [0.717, 1.165) is 40.7 Å². The Hall–Kier alpha value is -1.70. The van der Waals surface area contributed by atoms with E-state index in [2.05, 4.69) is 26.2 Å². The summed E-state index contributed by atoms with van der Waals surface area (Å²) < 4.78 is 0. The van der Waals surface area contributed by atoms with Crippen LogP contribution in [0.3, 0.4) is 0 Å². The number of hydrogen-bond acceptors (Lipinski definition) is 2. The van der Waals surface area contributed by atoms with E-state index in [1.165, 1.54) is 0 Å². The Morgan fingerprint density at radius 3 is 2.64 bits per heavy atom. The van der Waals surface area contributed by atoms with E-state index < -0.39 is 0 Å². The average molecular weight is 296 g/mol. The summed E-state index contributed by atoms with van der Waals surface area (Å²) in [5.41, 5.74) is 4.55. The Kier molecular flexibility index (Phi) is 3.58. The van der Waals surface area contributed by atoms with E-state index in [4.69, 9.17) is 0 Å². The molecule has 0 amide bonds. The lowest BCUT2D eigenvalue weighted by molar-refractivity contribution is -0.118. The quantitative estimate of drug-likeness (QED) is 0.680. The highest BCUT2D eigenvalue weighted by atomic mass is 16.1. The van der Waals surface area contributed by atoms with Gasteiger partial charge in [0.1, 0.15) is 0 Å². The highest BCUT2D eigenvalue weighted by Gasteiger charge is 2.46. The van der Waals surface area contributed by atoms with Gasteiger partial charge in [-0.25, -0.2) is 0 Å². The van der Waals surface area contributed by atoms with Crippen LogP contribution in [0.15, 0.2) is 47.1 Å². The van der Waals surface area contributed by atoms with Crippen molar-refractivity contribution in [1.82, 2.24) is 0 Å². The second-order valence-electron chi connectivity index (χ2n) is 7.25. The van der Waals surface area contributed by atoms with Gasteiger partial charge < -0.3 is 0 Å². The smallest absolute Gasteiger partial charge is 0.184 e. The third-order valence-corrected chi connectivity index (χ3v) is 5.63. The fraction of sp³-hybridized carbons (Fsp3) is 0.500. The van der Waals surface area contributed by atoms with Crippen molar-refractivity contribution < 1.29 is 9.59 Å². The summed E-state index contributed by atoms with van der Waals surface area (Å²) in [6, 6.07) is 0. The number of allylic oxidation sites excluding steroid dienone is 6. The van der Waals surface area contributed by atoms with E-state index in [1.807, 2.05) is 13.8 Å². The number of hydrogen-bond donors (Lipinski definition) is 0. The number of fused-ring (bicyclic) bond motifs is 2. The van der Waals surface area contributed by atoms with Crippen LogP contribution >= 0.6 is 0 Å². The van der Waals surface area contributed by atoms with E-state index >= 15 is 0 Å². The van der Waals surface area contributed by atoms with Crippen molar-refractivity contribution >= 4 is 11.6 Å². The van der Waals surface area contributed by atoms with Gasteiger partial charge >= 0.3 is 0 Å². The van der Waals surface area contributed by atoms with Gasteiger partial charge in [-0.05, 0) is 50.5 Å². The fourth-order valence-electron chi connectivity index (χ4n) is 4.46. The van der Waals surface area contributed by atoms with Crippen molar-refractivity contribution in [3.8, 4) is 0 Å². The molecule has 0 radical (unpaired) electrons. The lowest BCUT2D eigenvalue weighted by atomic mass is 9.64. The van der Waals surface area contributed by atoms with Gasteiger partial charge in [0.05, 0.1) is 0 Å². The van der Waals surface area contributed by atoms with E-state index in [-0.39, 0.29) is 29.3 Å². The predicted octanol–water partition coefficient (Wildman–Crippen LogP) is 4.20.